The van der Waals surface area contributed by atoms with Crippen molar-refractivity contribution in [2.45, 2.75) is 31.7 Å². The van der Waals surface area contributed by atoms with Crippen LogP contribution in [-0.4, -0.2) is 25.4 Å². The lowest BCUT2D eigenvalue weighted by atomic mass is 10.2. The normalized spacial score (nSPS) is 13.9. The van der Waals surface area contributed by atoms with Gasteiger partial charge >= 0.3 is 0 Å². The standard InChI is InChI=1S/C16H19N3O3S/c1-11-3-4-12(2)19(11)8-7-17-23(21,22)14-5-6-15-13(9-14)10-16(20)18-15/h3-6,9,17H,7-8,10H2,1-2H3,(H,18,20). The number of nitrogens with one attached hydrogen (secondary N) is 2. The molecule has 23 heavy (non-hydrogen) atoms. The minimum absolute atomic E-state index is 0.110. The van der Waals surface area contributed by atoms with E-state index in [0.717, 1.165) is 17.0 Å². The molecule has 2 N–H and O–H groups in total. The maximum atomic E-state index is 12.4. The average Bonchev–Trinajstić information content (AvgIpc) is 3.01. The summed E-state index contributed by atoms with van der Waals surface area (Å²) in [5.74, 6) is -0.110. The second-order valence-electron chi connectivity index (χ2n) is 5.71. The lowest BCUT2D eigenvalue weighted by molar-refractivity contribution is -0.115. The van der Waals surface area contributed by atoms with E-state index in [1.165, 1.54) is 6.07 Å². The Labute approximate surface area is 135 Å². The zero-order valence-electron chi connectivity index (χ0n) is 13.1. The van der Waals surface area contributed by atoms with Gasteiger partial charge in [0.25, 0.3) is 0 Å². The van der Waals surface area contributed by atoms with Crippen LogP contribution in [0.5, 0.6) is 0 Å². The van der Waals surface area contributed by atoms with Crippen molar-refractivity contribution in [1.82, 2.24) is 9.29 Å². The van der Waals surface area contributed by atoms with Gasteiger partial charge in [0.15, 0.2) is 0 Å². The highest BCUT2D eigenvalue weighted by Crippen LogP contribution is 2.25. The van der Waals surface area contributed by atoms with Gasteiger partial charge in [-0.25, -0.2) is 13.1 Å². The molecule has 0 unspecified atom stereocenters. The minimum Gasteiger partial charge on any atom is -0.348 e. The molecule has 0 fully saturated rings. The van der Waals surface area contributed by atoms with E-state index < -0.39 is 10.0 Å². The number of carbonyl (C=O) groups is 1. The molecule has 0 aliphatic carbocycles. The number of nitrogens with zero attached hydrogens (tertiary/aromatic N) is 1. The molecule has 6 nitrogen and oxygen atoms in total. The first-order valence-corrected chi connectivity index (χ1v) is 8.90. The molecule has 1 aromatic carbocycles. The summed E-state index contributed by atoms with van der Waals surface area (Å²) in [7, 11) is -3.58. The van der Waals surface area contributed by atoms with E-state index >= 15 is 0 Å². The zero-order chi connectivity index (χ0) is 16.6. The Kier molecular flexibility index (Phi) is 3.99. The van der Waals surface area contributed by atoms with Crippen LogP contribution in [0.25, 0.3) is 0 Å². The van der Waals surface area contributed by atoms with Gasteiger partial charge in [0.2, 0.25) is 15.9 Å². The Hall–Kier alpha value is -2.12. The number of hydrogen-bond acceptors (Lipinski definition) is 3. The first kappa shape index (κ1) is 15.8. The molecule has 0 spiro atoms. The number of carbonyl (C=O) groups excluding carboxylic acids is 1. The topological polar surface area (TPSA) is 80.2 Å². The predicted octanol–water partition coefficient (Wildman–Crippen LogP) is 1.58. The number of amides is 1. The lowest BCUT2D eigenvalue weighted by Gasteiger charge is -2.11. The van der Waals surface area contributed by atoms with E-state index in [4.69, 9.17) is 0 Å². The first-order valence-electron chi connectivity index (χ1n) is 7.42. The van der Waals surface area contributed by atoms with E-state index in [0.29, 0.717) is 18.8 Å². The second-order valence-corrected chi connectivity index (χ2v) is 7.48. The van der Waals surface area contributed by atoms with Crippen LogP contribution in [0.2, 0.25) is 0 Å². The molecule has 0 bridgehead atoms. The van der Waals surface area contributed by atoms with Crippen LogP contribution in [0.1, 0.15) is 17.0 Å². The number of rotatable bonds is 5. The van der Waals surface area contributed by atoms with Gasteiger partial charge in [-0.3, -0.25) is 4.79 Å². The Morgan fingerprint density at radius 3 is 2.57 bits per heavy atom. The first-order chi connectivity index (χ1) is 10.9. The van der Waals surface area contributed by atoms with Gasteiger partial charge in [-0.05, 0) is 49.7 Å². The summed E-state index contributed by atoms with van der Waals surface area (Å²) in [6.45, 7) is 4.87. The number of fused-ring (bicyclic) bond motifs is 1. The van der Waals surface area contributed by atoms with E-state index in [9.17, 15) is 13.2 Å². The number of anilines is 1. The van der Waals surface area contributed by atoms with Gasteiger partial charge in [0.05, 0.1) is 11.3 Å². The molecule has 2 aromatic rings. The molecule has 1 aliphatic rings. The minimum atomic E-state index is -3.58. The van der Waals surface area contributed by atoms with Crippen LogP contribution in [-0.2, 0) is 27.8 Å². The van der Waals surface area contributed by atoms with Crippen molar-refractivity contribution in [3.8, 4) is 0 Å². The SMILES string of the molecule is Cc1ccc(C)n1CCNS(=O)(=O)c1ccc2c(c1)CC(=O)N2. The second kappa shape index (κ2) is 5.82. The third kappa shape index (κ3) is 3.16. The fourth-order valence-corrected chi connectivity index (χ4v) is 3.87. The predicted molar refractivity (Wildman–Crippen MR) is 87.9 cm³/mol. The summed E-state index contributed by atoms with van der Waals surface area (Å²) in [5.41, 5.74) is 3.61. The van der Waals surface area contributed by atoms with Crippen LogP contribution in [0.4, 0.5) is 5.69 Å². The summed E-state index contributed by atoms with van der Waals surface area (Å²) in [4.78, 5) is 11.5. The fourth-order valence-electron chi connectivity index (χ4n) is 2.80. The summed E-state index contributed by atoms with van der Waals surface area (Å²) < 4.78 is 29.5. The van der Waals surface area contributed by atoms with Gasteiger partial charge in [-0.15, -0.1) is 0 Å². The van der Waals surface area contributed by atoms with Crippen molar-refractivity contribution >= 4 is 21.6 Å². The molecule has 122 valence electrons. The molecule has 1 aliphatic heterocycles. The van der Waals surface area contributed by atoms with Crippen LogP contribution < -0.4 is 10.0 Å². The molecular formula is C16H19N3O3S. The number of sulfonamides is 1. The third-order valence-corrected chi connectivity index (χ3v) is 5.52. The Bertz CT molecular complexity index is 849. The van der Waals surface area contributed by atoms with Gasteiger partial charge in [0, 0.05) is 30.2 Å². The van der Waals surface area contributed by atoms with E-state index in [1.54, 1.807) is 12.1 Å². The molecule has 3 rings (SSSR count). The molecule has 7 heteroatoms. The number of hydrogen-bond donors (Lipinski definition) is 2. The van der Waals surface area contributed by atoms with Crippen molar-refractivity contribution in [2.24, 2.45) is 0 Å². The van der Waals surface area contributed by atoms with Crippen molar-refractivity contribution < 1.29 is 13.2 Å². The van der Waals surface area contributed by atoms with Crippen molar-refractivity contribution in [3.63, 3.8) is 0 Å². The molecule has 0 radical (unpaired) electrons. The smallest absolute Gasteiger partial charge is 0.240 e. The average molecular weight is 333 g/mol. The highest BCUT2D eigenvalue weighted by atomic mass is 32.2. The van der Waals surface area contributed by atoms with Gasteiger partial charge in [-0.2, -0.15) is 0 Å². The molecular weight excluding hydrogens is 314 g/mol. The summed E-state index contributed by atoms with van der Waals surface area (Å²) in [5, 5.41) is 2.69. The Balaban J connectivity index is 1.70. The van der Waals surface area contributed by atoms with E-state index in [2.05, 4.69) is 14.6 Å². The zero-order valence-corrected chi connectivity index (χ0v) is 13.9. The molecule has 0 saturated carbocycles. The van der Waals surface area contributed by atoms with Crippen LogP contribution >= 0.6 is 0 Å². The highest BCUT2D eigenvalue weighted by Gasteiger charge is 2.21. The molecule has 1 aromatic heterocycles. The van der Waals surface area contributed by atoms with Crippen LogP contribution in [0.15, 0.2) is 35.2 Å². The molecule has 0 atom stereocenters. The fraction of sp³-hybridized carbons (Fsp3) is 0.312. The molecule has 0 saturated heterocycles. The summed E-state index contributed by atoms with van der Waals surface area (Å²) in [6.07, 6.45) is 0.223. The van der Waals surface area contributed by atoms with E-state index in [-0.39, 0.29) is 17.2 Å². The van der Waals surface area contributed by atoms with Crippen LogP contribution in [0.3, 0.4) is 0 Å². The number of aromatic nitrogens is 1. The number of aryl methyl sites for hydroxylation is 2. The molecule has 2 heterocycles. The monoisotopic (exact) mass is 333 g/mol. The van der Waals surface area contributed by atoms with Crippen LogP contribution in [0, 0.1) is 13.8 Å². The van der Waals surface area contributed by atoms with Crippen molar-refractivity contribution in [1.29, 1.82) is 0 Å². The maximum Gasteiger partial charge on any atom is 0.240 e. The quantitative estimate of drug-likeness (QED) is 0.872. The maximum absolute atomic E-state index is 12.4. The van der Waals surface area contributed by atoms with Gasteiger partial charge < -0.3 is 9.88 Å². The van der Waals surface area contributed by atoms with Crippen molar-refractivity contribution in [3.05, 3.63) is 47.3 Å². The Morgan fingerprint density at radius 1 is 1.17 bits per heavy atom. The third-order valence-electron chi connectivity index (χ3n) is 4.06. The lowest BCUT2D eigenvalue weighted by Crippen LogP contribution is -2.28. The van der Waals surface area contributed by atoms with Crippen molar-refractivity contribution in [2.75, 3.05) is 11.9 Å². The Morgan fingerprint density at radius 2 is 1.87 bits per heavy atom. The summed E-state index contributed by atoms with van der Waals surface area (Å²) >= 11 is 0. The van der Waals surface area contributed by atoms with Gasteiger partial charge in [-0.1, -0.05) is 0 Å². The molecule has 1 amide bonds. The summed E-state index contributed by atoms with van der Waals surface area (Å²) in [6, 6.07) is 8.72. The van der Waals surface area contributed by atoms with E-state index in [1.807, 2.05) is 26.0 Å². The largest absolute Gasteiger partial charge is 0.348 e. The van der Waals surface area contributed by atoms with Gasteiger partial charge in [0.1, 0.15) is 0 Å². The highest BCUT2D eigenvalue weighted by molar-refractivity contribution is 7.89. The number of benzene rings is 1.